The van der Waals surface area contributed by atoms with Crippen molar-refractivity contribution in [1.82, 2.24) is 5.32 Å². The Morgan fingerprint density at radius 2 is 2.05 bits per heavy atom. The third kappa shape index (κ3) is 3.20. The van der Waals surface area contributed by atoms with E-state index < -0.39 is 0 Å². The van der Waals surface area contributed by atoms with Crippen LogP contribution in [0.2, 0.25) is 0 Å². The molecule has 0 unspecified atom stereocenters. The summed E-state index contributed by atoms with van der Waals surface area (Å²) in [6, 6.07) is 5.83. The second kappa shape index (κ2) is 6.20. The zero-order chi connectivity index (χ0) is 14.7. The van der Waals surface area contributed by atoms with Crippen molar-refractivity contribution >= 4 is 12.0 Å². The first-order valence-corrected chi connectivity index (χ1v) is 7.60. The van der Waals surface area contributed by atoms with Gasteiger partial charge in [-0.3, -0.25) is 4.79 Å². The fourth-order valence-electron chi connectivity index (χ4n) is 2.94. The third-order valence-electron chi connectivity index (χ3n) is 4.10. The second-order valence-corrected chi connectivity index (χ2v) is 5.61. The van der Waals surface area contributed by atoms with Crippen LogP contribution in [0.25, 0.3) is 6.08 Å². The van der Waals surface area contributed by atoms with Gasteiger partial charge in [-0.25, -0.2) is 0 Å². The molecule has 1 aromatic rings. The summed E-state index contributed by atoms with van der Waals surface area (Å²) in [5.74, 6) is 1.56. The molecule has 21 heavy (non-hydrogen) atoms. The molecule has 1 aliphatic carbocycles. The first-order chi connectivity index (χ1) is 10.3. The zero-order valence-corrected chi connectivity index (χ0v) is 12.4. The molecule has 4 heteroatoms. The van der Waals surface area contributed by atoms with Crippen molar-refractivity contribution in [3.8, 4) is 11.5 Å². The van der Waals surface area contributed by atoms with Gasteiger partial charge in [0.2, 0.25) is 5.91 Å². The molecule has 112 valence electrons. The third-order valence-corrected chi connectivity index (χ3v) is 4.10. The van der Waals surface area contributed by atoms with Crippen LogP contribution in [-0.4, -0.2) is 25.7 Å². The van der Waals surface area contributed by atoms with Crippen LogP contribution in [0.3, 0.4) is 0 Å². The number of hydrogen-bond acceptors (Lipinski definition) is 3. The van der Waals surface area contributed by atoms with Crippen LogP contribution in [0.15, 0.2) is 23.8 Å². The van der Waals surface area contributed by atoms with E-state index in [-0.39, 0.29) is 12.0 Å². The first kappa shape index (κ1) is 14.0. The Kier molecular flexibility index (Phi) is 4.13. The lowest BCUT2D eigenvalue weighted by atomic mass is 10.1. The minimum Gasteiger partial charge on any atom is -0.493 e. The molecule has 0 spiro atoms. The van der Waals surface area contributed by atoms with E-state index in [0.29, 0.717) is 0 Å². The van der Waals surface area contributed by atoms with Crippen LogP contribution >= 0.6 is 0 Å². The van der Waals surface area contributed by atoms with Crippen molar-refractivity contribution in [2.24, 2.45) is 0 Å². The number of hydrogen-bond donors (Lipinski definition) is 1. The molecule has 2 aliphatic rings. The van der Waals surface area contributed by atoms with Gasteiger partial charge in [0, 0.05) is 12.1 Å². The molecular weight excluding hydrogens is 266 g/mol. The monoisotopic (exact) mass is 287 g/mol. The minimum atomic E-state index is 0.0316. The van der Waals surface area contributed by atoms with Crippen molar-refractivity contribution in [1.29, 1.82) is 0 Å². The van der Waals surface area contributed by atoms with Crippen LogP contribution in [0.1, 0.15) is 37.7 Å². The Morgan fingerprint density at radius 1 is 1.24 bits per heavy atom. The molecule has 1 amide bonds. The summed E-state index contributed by atoms with van der Waals surface area (Å²) in [7, 11) is 1.65. The number of nitrogens with one attached hydrogen (secondary N) is 1. The molecule has 0 aromatic heterocycles. The fourth-order valence-corrected chi connectivity index (χ4v) is 2.94. The number of amides is 1. The first-order valence-electron chi connectivity index (χ1n) is 7.60. The van der Waals surface area contributed by atoms with Gasteiger partial charge in [-0.1, -0.05) is 6.07 Å². The van der Waals surface area contributed by atoms with E-state index >= 15 is 0 Å². The highest BCUT2D eigenvalue weighted by Gasteiger charge is 2.19. The highest BCUT2D eigenvalue weighted by molar-refractivity contribution is 5.99. The Labute approximate surface area is 125 Å². The Balaban J connectivity index is 1.83. The van der Waals surface area contributed by atoms with Gasteiger partial charge in [0.15, 0.2) is 11.5 Å². The van der Waals surface area contributed by atoms with Crippen LogP contribution < -0.4 is 14.8 Å². The summed E-state index contributed by atoms with van der Waals surface area (Å²) in [5, 5.41) is 2.82. The average molecular weight is 287 g/mol. The van der Waals surface area contributed by atoms with Crippen LogP contribution in [-0.2, 0) is 4.79 Å². The number of rotatable bonds is 4. The summed E-state index contributed by atoms with van der Waals surface area (Å²) in [6.07, 6.45) is 7.69. The highest BCUT2D eigenvalue weighted by atomic mass is 16.5. The van der Waals surface area contributed by atoms with E-state index in [4.69, 9.17) is 9.47 Å². The van der Waals surface area contributed by atoms with E-state index in [0.717, 1.165) is 48.4 Å². The lowest BCUT2D eigenvalue weighted by Crippen LogP contribution is -2.14. The lowest BCUT2D eigenvalue weighted by Gasteiger charge is -2.16. The van der Waals surface area contributed by atoms with Crippen molar-refractivity contribution in [3.63, 3.8) is 0 Å². The Morgan fingerprint density at radius 3 is 2.71 bits per heavy atom. The molecule has 0 atom stereocenters. The zero-order valence-electron chi connectivity index (χ0n) is 12.4. The van der Waals surface area contributed by atoms with Crippen molar-refractivity contribution in [2.75, 3.05) is 13.7 Å². The summed E-state index contributed by atoms with van der Waals surface area (Å²) < 4.78 is 11.5. The number of methoxy groups -OCH3 is 1. The molecule has 1 aliphatic heterocycles. The number of carbonyl (C=O) groups excluding carboxylic acids is 1. The van der Waals surface area contributed by atoms with Gasteiger partial charge in [0.05, 0.1) is 13.2 Å². The van der Waals surface area contributed by atoms with Gasteiger partial charge >= 0.3 is 0 Å². The summed E-state index contributed by atoms with van der Waals surface area (Å²) in [5.41, 5.74) is 1.81. The quantitative estimate of drug-likeness (QED) is 0.866. The van der Waals surface area contributed by atoms with E-state index in [9.17, 15) is 4.79 Å². The lowest BCUT2D eigenvalue weighted by molar-refractivity contribution is -0.116. The largest absolute Gasteiger partial charge is 0.493 e. The number of benzene rings is 1. The summed E-state index contributed by atoms with van der Waals surface area (Å²) in [4.78, 5) is 11.6. The van der Waals surface area contributed by atoms with Crippen molar-refractivity contribution < 1.29 is 14.3 Å². The maximum atomic E-state index is 11.6. The summed E-state index contributed by atoms with van der Waals surface area (Å²) in [6.45, 7) is 0.728. The minimum absolute atomic E-state index is 0.0316. The van der Waals surface area contributed by atoms with Crippen LogP contribution in [0, 0.1) is 0 Å². The molecular formula is C17H21NO3. The fraction of sp³-hybridized carbons (Fsp3) is 0.471. The van der Waals surface area contributed by atoms with Crippen molar-refractivity contribution in [3.05, 3.63) is 29.3 Å². The standard InChI is InChI=1S/C17H21NO3/c1-20-15-7-6-12(10-13-8-9-18-17(13)19)11-16(15)21-14-4-2-3-5-14/h6-7,10-11,14H,2-5,8-9H2,1H3,(H,18,19)/b13-10+. The van der Waals surface area contributed by atoms with E-state index in [1.54, 1.807) is 7.11 Å². The predicted molar refractivity (Wildman–Crippen MR) is 81.5 cm³/mol. The topological polar surface area (TPSA) is 47.6 Å². The van der Waals surface area contributed by atoms with Crippen LogP contribution in [0.4, 0.5) is 0 Å². The molecule has 1 aromatic carbocycles. The highest BCUT2D eigenvalue weighted by Crippen LogP contribution is 2.33. The number of carbonyl (C=O) groups is 1. The normalized spacial score (nSPS) is 20.8. The molecule has 1 heterocycles. The molecule has 1 saturated carbocycles. The van der Waals surface area contributed by atoms with E-state index in [1.165, 1.54) is 12.8 Å². The molecule has 0 bridgehead atoms. The van der Waals surface area contributed by atoms with Gasteiger partial charge in [0.25, 0.3) is 0 Å². The van der Waals surface area contributed by atoms with Crippen LogP contribution in [0.5, 0.6) is 11.5 Å². The molecule has 0 radical (unpaired) electrons. The van der Waals surface area contributed by atoms with E-state index in [1.807, 2.05) is 24.3 Å². The van der Waals surface area contributed by atoms with Crippen molar-refractivity contribution in [2.45, 2.75) is 38.2 Å². The van der Waals surface area contributed by atoms with Gasteiger partial charge in [0.1, 0.15) is 0 Å². The van der Waals surface area contributed by atoms with E-state index in [2.05, 4.69) is 5.32 Å². The van der Waals surface area contributed by atoms with Gasteiger partial charge in [-0.15, -0.1) is 0 Å². The smallest absolute Gasteiger partial charge is 0.247 e. The molecule has 1 N–H and O–H groups in total. The van der Waals surface area contributed by atoms with Gasteiger partial charge < -0.3 is 14.8 Å². The predicted octanol–water partition coefficient (Wildman–Crippen LogP) is 2.92. The maximum Gasteiger partial charge on any atom is 0.247 e. The SMILES string of the molecule is COc1ccc(/C=C2\CCNC2=O)cc1OC1CCCC1. The second-order valence-electron chi connectivity index (χ2n) is 5.61. The Hall–Kier alpha value is -1.97. The molecule has 3 rings (SSSR count). The maximum absolute atomic E-state index is 11.6. The Bertz CT molecular complexity index is 559. The van der Waals surface area contributed by atoms with Gasteiger partial charge in [-0.2, -0.15) is 0 Å². The molecule has 4 nitrogen and oxygen atoms in total. The average Bonchev–Trinajstić information content (AvgIpc) is 3.12. The van der Waals surface area contributed by atoms with Gasteiger partial charge in [-0.05, 0) is 55.9 Å². The molecule has 1 saturated heterocycles. The number of ether oxygens (including phenoxy) is 2. The summed E-state index contributed by atoms with van der Waals surface area (Å²) >= 11 is 0. The molecule has 2 fully saturated rings.